The van der Waals surface area contributed by atoms with Crippen LogP contribution < -0.4 is 5.32 Å². The van der Waals surface area contributed by atoms with Gasteiger partial charge in [-0.05, 0) is 32.1 Å². The van der Waals surface area contributed by atoms with E-state index in [1.165, 1.54) is 19.3 Å². The van der Waals surface area contributed by atoms with Crippen LogP contribution in [-0.4, -0.2) is 48.0 Å². The van der Waals surface area contributed by atoms with Crippen LogP contribution in [0, 0.1) is 0 Å². The number of rotatable bonds is 7. The standard InChI is InChI=1S/C12H23NO2S/c1-15-6-7-16-11-4-5-12(8-11,9-14)13-10-2-3-10/h10-11,13-14H,2-9H2,1H3. The van der Waals surface area contributed by atoms with E-state index in [0.29, 0.717) is 17.9 Å². The first-order valence-corrected chi connectivity index (χ1v) is 7.32. The molecule has 2 saturated carbocycles. The lowest BCUT2D eigenvalue weighted by molar-refractivity contribution is 0.163. The van der Waals surface area contributed by atoms with Crippen molar-refractivity contribution in [3.63, 3.8) is 0 Å². The summed E-state index contributed by atoms with van der Waals surface area (Å²) in [7, 11) is 1.75. The second-order valence-electron chi connectivity index (χ2n) is 5.09. The molecule has 0 saturated heterocycles. The molecule has 0 aromatic carbocycles. The Morgan fingerprint density at radius 3 is 2.88 bits per heavy atom. The highest BCUT2D eigenvalue weighted by molar-refractivity contribution is 7.99. The predicted octanol–water partition coefficient (Wildman–Crippen LogP) is 1.40. The highest BCUT2D eigenvalue weighted by Crippen LogP contribution is 2.39. The molecular weight excluding hydrogens is 222 g/mol. The average molecular weight is 245 g/mol. The molecule has 94 valence electrons. The molecule has 0 amide bonds. The largest absolute Gasteiger partial charge is 0.394 e. The van der Waals surface area contributed by atoms with Gasteiger partial charge in [-0.2, -0.15) is 11.8 Å². The second kappa shape index (κ2) is 5.71. The molecular formula is C12H23NO2S. The number of aliphatic hydroxyl groups excluding tert-OH is 1. The fourth-order valence-electron chi connectivity index (χ4n) is 2.50. The fraction of sp³-hybridized carbons (Fsp3) is 1.00. The van der Waals surface area contributed by atoms with Crippen LogP contribution in [0.25, 0.3) is 0 Å². The predicted molar refractivity (Wildman–Crippen MR) is 67.9 cm³/mol. The fourth-order valence-corrected chi connectivity index (χ4v) is 3.82. The Labute approximate surface area is 102 Å². The lowest BCUT2D eigenvalue weighted by Gasteiger charge is -2.28. The first kappa shape index (κ1) is 12.7. The quantitative estimate of drug-likeness (QED) is 0.665. The molecule has 0 aliphatic heterocycles. The Balaban J connectivity index is 1.74. The van der Waals surface area contributed by atoms with E-state index in [-0.39, 0.29) is 5.54 Å². The Morgan fingerprint density at radius 2 is 2.25 bits per heavy atom. The van der Waals surface area contributed by atoms with Crippen LogP contribution in [0.1, 0.15) is 32.1 Å². The van der Waals surface area contributed by atoms with E-state index in [0.717, 1.165) is 25.2 Å². The first-order chi connectivity index (χ1) is 7.78. The van der Waals surface area contributed by atoms with Gasteiger partial charge in [0.15, 0.2) is 0 Å². The number of methoxy groups -OCH3 is 1. The number of hydrogen-bond acceptors (Lipinski definition) is 4. The minimum Gasteiger partial charge on any atom is -0.394 e. The van der Waals surface area contributed by atoms with Crippen LogP contribution in [0.2, 0.25) is 0 Å². The summed E-state index contributed by atoms with van der Waals surface area (Å²) in [4.78, 5) is 0. The summed E-state index contributed by atoms with van der Waals surface area (Å²) in [6, 6.07) is 0.690. The molecule has 0 spiro atoms. The van der Waals surface area contributed by atoms with E-state index in [4.69, 9.17) is 4.74 Å². The molecule has 16 heavy (non-hydrogen) atoms. The third-order valence-electron chi connectivity index (χ3n) is 3.59. The van der Waals surface area contributed by atoms with Gasteiger partial charge in [-0.3, -0.25) is 0 Å². The van der Waals surface area contributed by atoms with Crippen molar-refractivity contribution in [1.29, 1.82) is 0 Å². The van der Waals surface area contributed by atoms with Crippen molar-refractivity contribution in [2.75, 3.05) is 26.1 Å². The van der Waals surface area contributed by atoms with Gasteiger partial charge in [0.2, 0.25) is 0 Å². The van der Waals surface area contributed by atoms with Gasteiger partial charge >= 0.3 is 0 Å². The Kier molecular flexibility index (Phi) is 4.53. The molecule has 2 rings (SSSR count). The van der Waals surface area contributed by atoms with Gasteiger partial charge in [-0.15, -0.1) is 0 Å². The summed E-state index contributed by atoms with van der Waals surface area (Å²) in [6.45, 7) is 1.13. The maximum absolute atomic E-state index is 9.59. The zero-order chi connectivity index (χ0) is 11.4. The number of hydrogen-bond donors (Lipinski definition) is 2. The summed E-state index contributed by atoms with van der Waals surface area (Å²) < 4.78 is 5.07. The van der Waals surface area contributed by atoms with Gasteiger partial charge in [0.05, 0.1) is 13.2 Å². The topological polar surface area (TPSA) is 41.5 Å². The van der Waals surface area contributed by atoms with E-state index in [9.17, 15) is 5.11 Å². The monoisotopic (exact) mass is 245 g/mol. The zero-order valence-corrected chi connectivity index (χ0v) is 10.9. The molecule has 0 aromatic heterocycles. The Bertz CT molecular complexity index is 223. The van der Waals surface area contributed by atoms with E-state index >= 15 is 0 Å². The van der Waals surface area contributed by atoms with Gasteiger partial charge in [-0.25, -0.2) is 0 Å². The third kappa shape index (κ3) is 3.36. The summed E-state index contributed by atoms with van der Waals surface area (Å²) in [5.74, 6) is 1.08. The smallest absolute Gasteiger partial charge is 0.0613 e. The molecule has 2 fully saturated rings. The number of nitrogens with one attached hydrogen (secondary N) is 1. The number of ether oxygens (including phenoxy) is 1. The van der Waals surface area contributed by atoms with E-state index in [2.05, 4.69) is 5.32 Å². The van der Waals surface area contributed by atoms with Crippen LogP contribution in [0.15, 0.2) is 0 Å². The van der Waals surface area contributed by atoms with Crippen molar-refractivity contribution < 1.29 is 9.84 Å². The van der Waals surface area contributed by atoms with Gasteiger partial charge in [0, 0.05) is 29.7 Å². The molecule has 3 nitrogen and oxygen atoms in total. The normalized spacial score (nSPS) is 34.5. The SMILES string of the molecule is COCCSC1CCC(CO)(NC2CC2)C1. The molecule has 2 aliphatic carbocycles. The molecule has 0 heterocycles. The van der Waals surface area contributed by atoms with Crippen molar-refractivity contribution in [2.45, 2.75) is 48.9 Å². The van der Waals surface area contributed by atoms with Crippen molar-refractivity contribution in [1.82, 2.24) is 5.32 Å². The summed E-state index contributed by atoms with van der Waals surface area (Å²) in [6.07, 6.45) is 6.07. The van der Waals surface area contributed by atoms with Crippen LogP contribution in [-0.2, 0) is 4.74 Å². The second-order valence-corrected chi connectivity index (χ2v) is 6.49. The molecule has 2 unspecified atom stereocenters. The summed E-state index contributed by atoms with van der Waals surface area (Å²) in [5, 5.41) is 13.9. The van der Waals surface area contributed by atoms with E-state index in [1.807, 2.05) is 11.8 Å². The lowest BCUT2D eigenvalue weighted by Crippen LogP contribution is -2.47. The van der Waals surface area contributed by atoms with E-state index < -0.39 is 0 Å². The molecule has 0 bridgehead atoms. The van der Waals surface area contributed by atoms with Gasteiger partial charge in [0.25, 0.3) is 0 Å². The lowest BCUT2D eigenvalue weighted by atomic mass is 9.99. The van der Waals surface area contributed by atoms with Gasteiger partial charge < -0.3 is 15.2 Å². The Hall–Kier alpha value is 0.230. The minimum absolute atomic E-state index is 0.0336. The van der Waals surface area contributed by atoms with Crippen molar-refractivity contribution in [3.05, 3.63) is 0 Å². The molecule has 2 aliphatic rings. The van der Waals surface area contributed by atoms with Crippen molar-refractivity contribution in [3.8, 4) is 0 Å². The third-order valence-corrected chi connectivity index (χ3v) is 4.87. The van der Waals surface area contributed by atoms with Gasteiger partial charge in [-0.1, -0.05) is 0 Å². The molecule has 4 heteroatoms. The average Bonchev–Trinajstić information content (AvgIpc) is 3.00. The summed E-state index contributed by atoms with van der Waals surface area (Å²) >= 11 is 2.00. The van der Waals surface area contributed by atoms with Gasteiger partial charge in [0.1, 0.15) is 0 Å². The van der Waals surface area contributed by atoms with Crippen molar-refractivity contribution >= 4 is 11.8 Å². The van der Waals surface area contributed by atoms with Crippen LogP contribution >= 0.6 is 11.8 Å². The molecule has 2 N–H and O–H groups in total. The van der Waals surface area contributed by atoms with Crippen LogP contribution in [0.5, 0.6) is 0 Å². The van der Waals surface area contributed by atoms with Crippen LogP contribution in [0.4, 0.5) is 0 Å². The molecule has 0 radical (unpaired) electrons. The number of thioether (sulfide) groups is 1. The Morgan fingerprint density at radius 1 is 1.44 bits per heavy atom. The highest BCUT2D eigenvalue weighted by Gasteiger charge is 2.41. The minimum atomic E-state index is 0.0336. The molecule has 2 atom stereocenters. The van der Waals surface area contributed by atoms with Crippen molar-refractivity contribution in [2.24, 2.45) is 0 Å². The van der Waals surface area contributed by atoms with Crippen LogP contribution in [0.3, 0.4) is 0 Å². The molecule has 0 aromatic rings. The maximum Gasteiger partial charge on any atom is 0.0613 e. The first-order valence-electron chi connectivity index (χ1n) is 6.27. The number of aliphatic hydroxyl groups is 1. The highest BCUT2D eigenvalue weighted by atomic mass is 32.2. The van der Waals surface area contributed by atoms with E-state index in [1.54, 1.807) is 7.11 Å². The summed E-state index contributed by atoms with van der Waals surface area (Å²) in [5.41, 5.74) is 0.0336. The zero-order valence-electron chi connectivity index (χ0n) is 10.1. The maximum atomic E-state index is 9.59.